The van der Waals surface area contributed by atoms with Gasteiger partial charge in [0, 0.05) is 0 Å². The maximum absolute atomic E-state index is 11.2. The van der Waals surface area contributed by atoms with Gasteiger partial charge in [-0.3, -0.25) is 9.59 Å². The van der Waals surface area contributed by atoms with E-state index in [2.05, 4.69) is 16.1 Å². The molecule has 0 heterocycles. The smallest absolute Gasteiger partial charge is 0.320 e. The van der Waals surface area contributed by atoms with Gasteiger partial charge in [-0.2, -0.15) is 0 Å². The molecular formula is C11H18O4. The molecule has 86 valence electrons. The molecule has 0 aliphatic carbocycles. The summed E-state index contributed by atoms with van der Waals surface area (Å²) in [5.41, 5.74) is 0. The summed E-state index contributed by atoms with van der Waals surface area (Å²) in [6.07, 6.45) is 4.85. The van der Waals surface area contributed by atoms with Crippen LogP contribution >= 0.6 is 0 Å². The number of allylic oxidation sites excluding steroid dienone is 1. The Morgan fingerprint density at radius 3 is 2.13 bits per heavy atom. The third-order valence-corrected chi connectivity index (χ3v) is 2.12. The fraction of sp³-hybridized carbons (Fsp3) is 0.636. The Hall–Kier alpha value is -1.32. The van der Waals surface area contributed by atoms with E-state index in [1.807, 2.05) is 6.08 Å². The molecule has 0 rings (SSSR count). The van der Waals surface area contributed by atoms with Gasteiger partial charge in [0.2, 0.25) is 0 Å². The van der Waals surface area contributed by atoms with Crippen LogP contribution in [0.5, 0.6) is 0 Å². The fourth-order valence-electron chi connectivity index (χ4n) is 1.25. The van der Waals surface area contributed by atoms with Gasteiger partial charge in [0.1, 0.15) is 0 Å². The van der Waals surface area contributed by atoms with E-state index in [9.17, 15) is 9.59 Å². The monoisotopic (exact) mass is 214 g/mol. The molecule has 0 aromatic carbocycles. The molecule has 0 unspecified atom stereocenters. The number of rotatable bonds is 7. The van der Waals surface area contributed by atoms with Gasteiger partial charge in [-0.25, -0.2) is 0 Å². The van der Waals surface area contributed by atoms with Gasteiger partial charge in [0.15, 0.2) is 5.92 Å². The van der Waals surface area contributed by atoms with Gasteiger partial charge in [0.05, 0.1) is 14.2 Å². The third-order valence-electron chi connectivity index (χ3n) is 2.12. The zero-order chi connectivity index (χ0) is 11.7. The first-order chi connectivity index (χ1) is 7.17. The zero-order valence-corrected chi connectivity index (χ0v) is 9.32. The topological polar surface area (TPSA) is 52.6 Å². The highest BCUT2D eigenvalue weighted by Gasteiger charge is 2.27. The molecule has 0 atom stereocenters. The lowest BCUT2D eigenvalue weighted by Gasteiger charge is -2.11. The molecule has 0 radical (unpaired) electrons. The lowest BCUT2D eigenvalue weighted by atomic mass is 10.0. The number of hydrogen-bond acceptors (Lipinski definition) is 4. The van der Waals surface area contributed by atoms with Gasteiger partial charge >= 0.3 is 11.9 Å². The van der Waals surface area contributed by atoms with Gasteiger partial charge < -0.3 is 9.47 Å². The van der Waals surface area contributed by atoms with Crippen molar-refractivity contribution in [3.63, 3.8) is 0 Å². The van der Waals surface area contributed by atoms with Crippen molar-refractivity contribution in [2.45, 2.75) is 25.7 Å². The van der Waals surface area contributed by atoms with Gasteiger partial charge in [-0.05, 0) is 19.3 Å². The summed E-state index contributed by atoms with van der Waals surface area (Å²) in [4.78, 5) is 22.5. The van der Waals surface area contributed by atoms with Crippen LogP contribution in [0, 0.1) is 5.92 Å². The number of carbonyl (C=O) groups is 2. The molecule has 0 bridgehead atoms. The van der Waals surface area contributed by atoms with E-state index in [-0.39, 0.29) is 0 Å². The third kappa shape index (κ3) is 5.20. The molecule has 0 spiro atoms. The van der Waals surface area contributed by atoms with Crippen molar-refractivity contribution in [1.29, 1.82) is 0 Å². The summed E-state index contributed by atoms with van der Waals surface area (Å²) in [6.45, 7) is 3.60. The first-order valence-electron chi connectivity index (χ1n) is 4.94. The van der Waals surface area contributed by atoms with E-state index >= 15 is 0 Å². The minimum atomic E-state index is -0.787. The number of esters is 2. The largest absolute Gasteiger partial charge is 0.468 e. The molecule has 0 aliphatic heterocycles. The van der Waals surface area contributed by atoms with Crippen molar-refractivity contribution in [1.82, 2.24) is 0 Å². The van der Waals surface area contributed by atoms with Crippen LogP contribution in [0.3, 0.4) is 0 Å². The highest BCUT2D eigenvalue weighted by atomic mass is 16.5. The molecule has 0 N–H and O–H groups in total. The molecule has 0 saturated heterocycles. The van der Waals surface area contributed by atoms with Gasteiger partial charge in [-0.15, -0.1) is 6.58 Å². The quantitative estimate of drug-likeness (QED) is 0.280. The first kappa shape index (κ1) is 13.7. The first-order valence-corrected chi connectivity index (χ1v) is 4.94. The summed E-state index contributed by atoms with van der Waals surface area (Å²) >= 11 is 0. The van der Waals surface area contributed by atoms with Crippen LogP contribution in [0.15, 0.2) is 12.7 Å². The Morgan fingerprint density at radius 2 is 1.73 bits per heavy atom. The Bertz CT molecular complexity index is 207. The highest BCUT2D eigenvalue weighted by Crippen LogP contribution is 2.13. The predicted molar refractivity (Wildman–Crippen MR) is 56.2 cm³/mol. The number of methoxy groups -OCH3 is 2. The molecule has 0 amide bonds. The predicted octanol–water partition coefficient (Wildman–Crippen LogP) is 1.70. The van der Waals surface area contributed by atoms with E-state index in [0.29, 0.717) is 6.42 Å². The molecule has 4 nitrogen and oxygen atoms in total. The Labute approximate surface area is 90.2 Å². The number of unbranched alkanes of at least 4 members (excludes halogenated alkanes) is 2. The van der Waals surface area contributed by atoms with E-state index in [1.165, 1.54) is 14.2 Å². The summed E-state index contributed by atoms with van der Waals surface area (Å²) < 4.78 is 9.06. The number of carbonyl (C=O) groups excluding carboxylic acids is 2. The van der Waals surface area contributed by atoms with Crippen molar-refractivity contribution in [3.05, 3.63) is 12.7 Å². The van der Waals surface area contributed by atoms with Crippen molar-refractivity contribution in [2.24, 2.45) is 5.92 Å². The zero-order valence-electron chi connectivity index (χ0n) is 9.32. The molecule has 15 heavy (non-hydrogen) atoms. The Morgan fingerprint density at radius 1 is 1.20 bits per heavy atom. The Kier molecular flexibility index (Phi) is 7.32. The summed E-state index contributed by atoms with van der Waals surface area (Å²) in [5, 5.41) is 0. The van der Waals surface area contributed by atoms with Crippen LogP contribution in [0.4, 0.5) is 0 Å². The fourth-order valence-corrected chi connectivity index (χ4v) is 1.25. The van der Waals surface area contributed by atoms with Crippen LogP contribution in [0.25, 0.3) is 0 Å². The summed E-state index contributed by atoms with van der Waals surface area (Å²) in [5.74, 6) is -1.84. The van der Waals surface area contributed by atoms with Crippen molar-refractivity contribution in [2.75, 3.05) is 14.2 Å². The summed E-state index contributed by atoms with van der Waals surface area (Å²) in [7, 11) is 2.53. The van der Waals surface area contributed by atoms with E-state index in [4.69, 9.17) is 0 Å². The van der Waals surface area contributed by atoms with Crippen LogP contribution in [-0.4, -0.2) is 26.2 Å². The number of hydrogen-bond donors (Lipinski definition) is 0. The Balaban J connectivity index is 4.07. The average Bonchev–Trinajstić information content (AvgIpc) is 2.27. The minimum Gasteiger partial charge on any atom is -0.468 e. The summed E-state index contributed by atoms with van der Waals surface area (Å²) in [6, 6.07) is 0. The molecule has 4 heteroatoms. The minimum absolute atomic E-state index is 0.465. The van der Waals surface area contributed by atoms with E-state index < -0.39 is 17.9 Å². The maximum atomic E-state index is 11.2. The van der Waals surface area contributed by atoms with E-state index in [1.54, 1.807) is 0 Å². The lowest BCUT2D eigenvalue weighted by Crippen LogP contribution is -2.26. The second-order valence-electron chi connectivity index (χ2n) is 3.17. The van der Waals surface area contributed by atoms with Gasteiger partial charge in [0.25, 0.3) is 0 Å². The lowest BCUT2D eigenvalue weighted by molar-refractivity contribution is -0.159. The van der Waals surface area contributed by atoms with E-state index in [0.717, 1.165) is 19.3 Å². The second kappa shape index (κ2) is 8.03. The van der Waals surface area contributed by atoms with Crippen LogP contribution < -0.4 is 0 Å². The average molecular weight is 214 g/mol. The van der Waals surface area contributed by atoms with Crippen molar-refractivity contribution < 1.29 is 19.1 Å². The van der Waals surface area contributed by atoms with Crippen molar-refractivity contribution >= 4 is 11.9 Å². The van der Waals surface area contributed by atoms with Crippen LogP contribution in [-0.2, 0) is 19.1 Å². The normalized spacial score (nSPS) is 9.80. The maximum Gasteiger partial charge on any atom is 0.320 e. The SMILES string of the molecule is C=CCCCCC(C(=O)OC)C(=O)OC. The van der Waals surface area contributed by atoms with Crippen LogP contribution in [0.1, 0.15) is 25.7 Å². The molecule has 0 aromatic heterocycles. The highest BCUT2D eigenvalue weighted by molar-refractivity contribution is 5.94. The molecule has 0 aliphatic rings. The van der Waals surface area contributed by atoms with Gasteiger partial charge in [-0.1, -0.05) is 12.5 Å². The standard InChI is InChI=1S/C11H18O4/c1-4-5-6-7-8-9(10(12)14-2)11(13)15-3/h4,9H,1,5-8H2,2-3H3. The molecule has 0 fully saturated rings. The second-order valence-corrected chi connectivity index (χ2v) is 3.17. The molecule has 0 saturated carbocycles. The van der Waals surface area contributed by atoms with Crippen LogP contribution in [0.2, 0.25) is 0 Å². The molecular weight excluding hydrogens is 196 g/mol. The number of ether oxygens (including phenoxy) is 2. The van der Waals surface area contributed by atoms with Crippen molar-refractivity contribution in [3.8, 4) is 0 Å². The molecule has 0 aromatic rings.